The lowest BCUT2D eigenvalue weighted by Crippen LogP contribution is -2.36. The first kappa shape index (κ1) is 15.8. The Hall–Kier alpha value is -3.73. The lowest BCUT2D eigenvalue weighted by atomic mass is 10.1. The number of hydrogen-bond acceptors (Lipinski definition) is 3. The zero-order chi connectivity index (χ0) is 17.9. The van der Waals surface area contributed by atoms with Gasteiger partial charge in [-0.3, -0.25) is 15.6 Å². The monoisotopic (exact) mass is 343 g/mol. The molecule has 0 bridgehead atoms. The van der Waals surface area contributed by atoms with Crippen molar-refractivity contribution in [1.29, 1.82) is 0 Å². The number of hydrazine groups is 1. The molecule has 2 heterocycles. The second-order valence-electron chi connectivity index (χ2n) is 5.81. The first-order valence-corrected chi connectivity index (χ1v) is 8.19. The van der Waals surface area contributed by atoms with Gasteiger partial charge in [0.2, 0.25) is 0 Å². The highest BCUT2D eigenvalue weighted by Gasteiger charge is 2.13. The maximum absolute atomic E-state index is 12.6. The Morgan fingerprint density at radius 1 is 0.923 bits per heavy atom. The van der Waals surface area contributed by atoms with Gasteiger partial charge in [0.05, 0.1) is 16.9 Å². The van der Waals surface area contributed by atoms with Crippen LogP contribution in [-0.2, 0) is 0 Å². The molecule has 0 fully saturated rings. The number of carbonyl (C=O) groups excluding carboxylic acids is 1. The van der Waals surface area contributed by atoms with Crippen LogP contribution in [0, 0.1) is 0 Å². The lowest BCUT2D eigenvalue weighted by molar-refractivity contribution is 0.0942. The average Bonchev–Trinajstić information content (AvgIpc) is 3.35. The maximum Gasteiger partial charge on any atom is 0.271 e. The second-order valence-corrected chi connectivity index (χ2v) is 5.81. The van der Waals surface area contributed by atoms with E-state index in [0.717, 1.165) is 16.7 Å². The van der Waals surface area contributed by atoms with Crippen LogP contribution in [0.1, 0.15) is 16.1 Å². The summed E-state index contributed by atoms with van der Waals surface area (Å²) in [4.78, 5) is 12.6. The smallest absolute Gasteiger partial charge is 0.271 e. The van der Waals surface area contributed by atoms with Crippen LogP contribution in [-0.4, -0.2) is 10.5 Å². The van der Waals surface area contributed by atoms with Crippen molar-refractivity contribution in [3.8, 4) is 5.69 Å². The molecule has 5 nitrogen and oxygen atoms in total. The Kier molecular flexibility index (Phi) is 4.03. The largest absolute Gasteiger partial charge is 0.454 e. The van der Waals surface area contributed by atoms with Crippen LogP contribution in [0.15, 0.2) is 90.1 Å². The fourth-order valence-corrected chi connectivity index (χ4v) is 2.78. The van der Waals surface area contributed by atoms with Crippen LogP contribution >= 0.6 is 0 Å². The molecule has 5 heteroatoms. The molecule has 2 aromatic carbocycles. The van der Waals surface area contributed by atoms with Gasteiger partial charge < -0.3 is 8.98 Å². The number of nitrogens with zero attached hydrogens (tertiary/aromatic N) is 1. The first-order valence-electron chi connectivity index (χ1n) is 8.19. The van der Waals surface area contributed by atoms with Crippen molar-refractivity contribution in [2.75, 3.05) is 0 Å². The van der Waals surface area contributed by atoms with Gasteiger partial charge in [-0.2, -0.15) is 0 Å². The summed E-state index contributed by atoms with van der Waals surface area (Å²) in [6.07, 6.45) is 3.79. The summed E-state index contributed by atoms with van der Waals surface area (Å²) in [5, 5.41) is 0.981. The third kappa shape index (κ3) is 2.98. The molecule has 2 N–H and O–H groups in total. The molecule has 0 aliphatic rings. The predicted octanol–water partition coefficient (Wildman–Crippen LogP) is 4.13. The number of fused-ring (bicyclic) bond motifs is 1. The van der Waals surface area contributed by atoms with Crippen LogP contribution in [0.25, 0.3) is 22.4 Å². The van der Waals surface area contributed by atoms with Gasteiger partial charge in [0.25, 0.3) is 5.91 Å². The molecular weight excluding hydrogens is 326 g/mol. The quantitative estimate of drug-likeness (QED) is 0.536. The Morgan fingerprint density at radius 3 is 2.46 bits per heavy atom. The number of para-hydroxylation sites is 2. The van der Waals surface area contributed by atoms with Gasteiger partial charge in [-0.1, -0.05) is 36.9 Å². The molecular formula is C21H17N3O2. The standard InChI is InChI=1S/C21H17N3O2/c1-15(20-14-16-8-2-5-11-19(16)26-20)22-23-21(25)17-9-3-4-10-18(17)24-12-6-7-13-24/h2-14,22H,1H2,(H,23,25). The van der Waals surface area contributed by atoms with Crippen LogP contribution in [0.5, 0.6) is 0 Å². The van der Waals surface area contributed by atoms with Crippen molar-refractivity contribution in [1.82, 2.24) is 15.4 Å². The maximum atomic E-state index is 12.6. The van der Waals surface area contributed by atoms with Gasteiger partial charge in [-0.15, -0.1) is 0 Å². The number of aromatic nitrogens is 1. The van der Waals surface area contributed by atoms with E-state index >= 15 is 0 Å². The van der Waals surface area contributed by atoms with E-state index in [4.69, 9.17) is 4.42 Å². The SMILES string of the molecule is C=C(NNC(=O)c1ccccc1-n1cccc1)c1cc2ccccc2o1. The van der Waals surface area contributed by atoms with Crippen molar-refractivity contribution < 1.29 is 9.21 Å². The highest BCUT2D eigenvalue weighted by Crippen LogP contribution is 2.22. The van der Waals surface area contributed by atoms with E-state index in [2.05, 4.69) is 17.4 Å². The van der Waals surface area contributed by atoms with Crippen LogP contribution in [0.2, 0.25) is 0 Å². The average molecular weight is 343 g/mol. The van der Waals surface area contributed by atoms with Crippen molar-refractivity contribution in [3.05, 3.63) is 97.0 Å². The molecule has 0 aliphatic heterocycles. The number of hydrogen-bond donors (Lipinski definition) is 2. The van der Waals surface area contributed by atoms with Crippen molar-refractivity contribution in [2.24, 2.45) is 0 Å². The Balaban J connectivity index is 1.50. The lowest BCUT2D eigenvalue weighted by Gasteiger charge is -2.12. The van der Waals surface area contributed by atoms with Gasteiger partial charge in [0.15, 0.2) is 5.76 Å². The highest BCUT2D eigenvalue weighted by atomic mass is 16.3. The molecule has 0 spiro atoms. The Bertz CT molecular complexity index is 1040. The molecule has 0 saturated heterocycles. The molecule has 26 heavy (non-hydrogen) atoms. The number of carbonyl (C=O) groups is 1. The topological polar surface area (TPSA) is 59.2 Å². The van der Waals surface area contributed by atoms with Crippen LogP contribution < -0.4 is 10.9 Å². The molecule has 4 rings (SSSR count). The zero-order valence-corrected chi connectivity index (χ0v) is 14.0. The van der Waals surface area contributed by atoms with E-state index in [1.54, 1.807) is 6.07 Å². The minimum Gasteiger partial charge on any atom is -0.454 e. The second kappa shape index (κ2) is 6.64. The summed E-state index contributed by atoms with van der Waals surface area (Å²) in [7, 11) is 0. The number of amides is 1. The van der Waals surface area contributed by atoms with Gasteiger partial charge >= 0.3 is 0 Å². The Morgan fingerprint density at radius 2 is 1.65 bits per heavy atom. The number of rotatable bonds is 5. The first-order chi connectivity index (χ1) is 12.7. The van der Waals surface area contributed by atoms with Gasteiger partial charge in [-0.05, 0) is 36.4 Å². The number of furan rings is 1. The summed E-state index contributed by atoms with van der Waals surface area (Å²) in [5.74, 6) is 0.316. The van der Waals surface area contributed by atoms with E-state index < -0.39 is 0 Å². The third-order valence-electron chi connectivity index (χ3n) is 4.08. The molecule has 128 valence electrons. The molecule has 0 aliphatic carbocycles. The minimum atomic E-state index is -0.258. The van der Waals surface area contributed by atoms with E-state index in [9.17, 15) is 4.79 Å². The predicted molar refractivity (Wildman–Crippen MR) is 102 cm³/mol. The van der Waals surface area contributed by atoms with Crippen molar-refractivity contribution >= 4 is 22.6 Å². The normalized spacial score (nSPS) is 10.6. The summed E-state index contributed by atoms with van der Waals surface area (Å²) in [6, 6.07) is 20.8. The summed E-state index contributed by atoms with van der Waals surface area (Å²) in [5.41, 5.74) is 8.12. The van der Waals surface area contributed by atoms with Crippen LogP contribution in [0.3, 0.4) is 0 Å². The van der Waals surface area contributed by atoms with E-state index in [-0.39, 0.29) is 5.91 Å². The van der Waals surface area contributed by atoms with Crippen molar-refractivity contribution in [2.45, 2.75) is 0 Å². The summed E-state index contributed by atoms with van der Waals surface area (Å²) in [6.45, 7) is 3.93. The Labute approximate surface area is 150 Å². The van der Waals surface area contributed by atoms with E-state index in [1.165, 1.54) is 0 Å². The van der Waals surface area contributed by atoms with Crippen LogP contribution in [0.4, 0.5) is 0 Å². The molecule has 0 saturated carbocycles. The minimum absolute atomic E-state index is 0.258. The van der Waals surface area contributed by atoms with Gasteiger partial charge in [-0.25, -0.2) is 0 Å². The fourth-order valence-electron chi connectivity index (χ4n) is 2.78. The number of nitrogens with one attached hydrogen (secondary N) is 2. The molecule has 2 aromatic heterocycles. The van der Waals surface area contributed by atoms with E-state index in [0.29, 0.717) is 17.0 Å². The molecule has 0 unspecified atom stereocenters. The fraction of sp³-hybridized carbons (Fsp3) is 0. The zero-order valence-electron chi connectivity index (χ0n) is 14.0. The van der Waals surface area contributed by atoms with Gasteiger partial charge in [0, 0.05) is 17.8 Å². The van der Waals surface area contributed by atoms with Gasteiger partial charge in [0.1, 0.15) is 5.58 Å². The number of benzene rings is 2. The molecule has 4 aromatic rings. The van der Waals surface area contributed by atoms with E-state index in [1.807, 2.05) is 77.6 Å². The summed E-state index contributed by atoms with van der Waals surface area (Å²) >= 11 is 0. The molecule has 1 amide bonds. The molecule has 0 radical (unpaired) electrons. The highest BCUT2D eigenvalue weighted by molar-refractivity contribution is 5.98. The molecule has 0 atom stereocenters. The van der Waals surface area contributed by atoms with Crippen molar-refractivity contribution in [3.63, 3.8) is 0 Å². The third-order valence-corrected chi connectivity index (χ3v) is 4.08. The summed E-state index contributed by atoms with van der Waals surface area (Å²) < 4.78 is 7.62.